The second-order valence-electron chi connectivity index (χ2n) is 4.96. The van der Waals surface area contributed by atoms with Gasteiger partial charge >= 0.3 is 0 Å². The van der Waals surface area contributed by atoms with Gasteiger partial charge in [-0.2, -0.15) is 0 Å². The molecule has 120 valence electrons. The third-order valence-corrected chi connectivity index (χ3v) is 6.39. The first kappa shape index (κ1) is 18.3. The molecule has 1 rings (SSSR count). The van der Waals surface area contributed by atoms with Crippen LogP contribution in [0.2, 0.25) is 0 Å². The first-order valence-electron chi connectivity index (χ1n) is 6.90. The largest absolute Gasteiger partial charge is 0.309 e. The van der Waals surface area contributed by atoms with Gasteiger partial charge in [-0.3, -0.25) is 4.21 Å². The summed E-state index contributed by atoms with van der Waals surface area (Å²) in [6, 6.07) is 6.95. The summed E-state index contributed by atoms with van der Waals surface area (Å²) in [5, 5.41) is 3.29. The third-order valence-electron chi connectivity index (χ3n) is 3.26. The number of nitrogens with zero attached hydrogens (tertiary/aromatic N) is 1. The van der Waals surface area contributed by atoms with Gasteiger partial charge in [0.05, 0.1) is 4.90 Å². The maximum absolute atomic E-state index is 12.0. The van der Waals surface area contributed by atoms with Crippen molar-refractivity contribution in [2.75, 3.05) is 32.1 Å². The van der Waals surface area contributed by atoms with Crippen molar-refractivity contribution in [3.63, 3.8) is 0 Å². The highest BCUT2D eigenvalue weighted by atomic mass is 32.2. The molecule has 0 fully saturated rings. The Morgan fingerprint density at radius 1 is 1.24 bits per heavy atom. The highest BCUT2D eigenvalue weighted by Crippen LogP contribution is 2.17. The minimum atomic E-state index is -3.38. The van der Waals surface area contributed by atoms with Crippen molar-refractivity contribution in [2.45, 2.75) is 24.8 Å². The Balaban J connectivity index is 2.68. The Labute approximate surface area is 130 Å². The van der Waals surface area contributed by atoms with Gasteiger partial charge in [0.2, 0.25) is 10.0 Å². The molecule has 0 saturated carbocycles. The van der Waals surface area contributed by atoms with Crippen molar-refractivity contribution in [3.05, 3.63) is 29.8 Å². The summed E-state index contributed by atoms with van der Waals surface area (Å²) in [5.41, 5.74) is 1.01. The van der Waals surface area contributed by atoms with Crippen LogP contribution in [0.15, 0.2) is 29.2 Å². The number of sulfonamides is 1. The second kappa shape index (κ2) is 8.03. The zero-order valence-corrected chi connectivity index (χ0v) is 14.6. The zero-order chi connectivity index (χ0) is 16.0. The monoisotopic (exact) mass is 332 g/mol. The van der Waals surface area contributed by atoms with Gasteiger partial charge in [-0.15, -0.1) is 0 Å². The first-order valence-corrected chi connectivity index (χ1v) is 9.82. The Bertz CT molecular complexity index is 568. The molecule has 1 aromatic carbocycles. The fourth-order valence-electron chi connectivity index (χ4n) is 1.79. The van der Waals surface area contributed by atoms with Crippen molar-refractivity contribution in [3.8, 4) is 0 Å². The van der Waals surface area contributed by atoms with E-state index in [1.54, 1.807) is 12.1 Å². The van der Waals surface area contributed by atoms with E-state index >= 15 is 0 Å². The van der Waals surface area contributed by atoms with Crippen molar-refractivity contribution >= 4 is 20.8 Å². The van der Waals surface area contributed by atoms with Crippen molar-refractivity contribution < 1.29 is 12.6 Å². The van der Waals surface area contributed by atoms with E-state index in [1.807, 2.05) is 26.0 Å². The molecule has 2 unspecified atom stereocenters. The number of nitrogens with one attached hydrogen (secondary N) is 1. The Morgan fingerprint density at radius 3 is 2.29 bits per heavy atom. The fraction of sp³-hybridized carbons (Fsp3) is 0.571. The normalized spacial score (nSPS) is 15.1. The minimum Gasteiger partial charge on any atom is -0.309 e. The number of hydrogen-bond acceptors (Lipinski definition) is 4. The van der Waals surface area contributed by atoms with E-state index in [9.17, 15) is 12.6 Å². The Morgan fingerprint density at radius 2 is 1.81 bits per heavy atom. The molecule has 21 heavy (non-hydrogen) atoms. The predicted molar refractivity (Wildman–Crippen MR) is 87.3 cm³/mol. The van der Waals surface area contributed by atoms with Gasteiger partial charge in [-0.25, -0.2) is 12.7 Å². The first-order chi connectivity index (χ1) is 9.78. The second-order valence-corrected chi connectivity index (χ2v) is 8.98. The van der Waals surface area contributed by atoms with Crippen molar-refractivity contribution in [1.82, 2.24) is 9.62 Å². The lowest BCUT2D eigenvalue weighted by Crippen LogP contribution is -2.24. The third kappa shape index (κ3) is 5.18. The maximum atomic E-state index is 12.0. The van der Waals surface area contributed by atoms with E-state index in [1.165, 1.54) is 18.4 Å². The van der Waals surface area contributed by atoms with Crippen LogP contribution in [0.4, 0.5) is 0 Å². The standard InChI is InChI=1S/C14H24N2O3S2/c1-5-20(17)11-10-15-12(2)13-6-8-14(9-7-13)21(18,19)16(3)4/h6-9,12,15H,5,10-11H2,1-4H3. The Hall–Kier alpha value is -0.760. The van der Waals surface area contributed by atoms with Gasteiger partial charge in [0, 0.05) is 49.0 Å². The lowest BCUT2D eigenvalue weighted by atomic mass is 10.1. The van der Waals surface area contributed by atoms with Crippen molar-refractivity contribution in [2.24, 2.45) is 0 Å². The molecule has 0 amide bonds. The van der Waals surface area contributed by atoms with Crippen molar-refractivity contribution in [1.29, 1.82) is 0 Å². The molecule has 7 heteroatoms. The smallest absolute Gasteiger partial charge is 0.242 e. The zero-order valence-electron chi connectivity index (χ0n) is 13.0. The predicted octanol–water partition coefficient (Wildman–Crippen LogP) is 1.36. The summed E-state index contributed by atoms with van der Waals surface area (Å²) in [5.74, 6) is 1.31. The molecule has 0 bridgehead atoms. The summed E-state index contributed by atoms with van der Waals surface area (Å²) in [6.07, 6.45) is 0. The van der Waals surface area contributed by atoms with E-state index in [0.717, 1.165) is 5.56 Å². The summed E-state index contributed by atoms with van der Waals surface area (Å²) >= 11 is 0. The average molecular weight is 332 g/mol. The van der Waals surface area contributed by atoms with Gasteiger partial charge in [0.25, 0.3) is 0 Å². The van der Waals surface area contributed by atoms with Crippen LogP contribution in [-0.4, -0.2) is 49.1 Å². The number of hydrogen-bond donors (Lipinski definition) is 1. The van der Waals surface area contributed by atoms with Crippen LogP contribution in [0.25, 0.3) is 0 Å². The lowest BCUT2D eigenvalue weighted by Gasteiger charge is -2.16. The van der Waals surface area contributed by atoms with E-state index in [4.69, 9.17) is 0 Å². The van der Waals surface area contributed by atoms with E-state index in [0.29, 0.717) is 18.1 Å². The molecule has 0 aliphatic rings. The summed E-state index contributed by atoms with van der Waals surface area (Å²) in [4.78, 5) is 0.288. The molecule has 1 N–H and O–H groups in total. The van der Waals surface area contributed by atoms with E-state index in [2.05, 4.69) is 5.32 Å². The molecular weight excluding hydrogens is 308 g/mol. The SMILES string of the molecule is CCS(=O)CCNC(C)c1ccc(S(=O)(=O)N(C)C)cc1. The molecule has 0 heterocycles. The van der Waals surface area contributed by atoms with Gasteiger partial charge < -0.3 is 5.32 Å². The van der Waals surface area contributed by atoms with Gasteiger partial charge in [-0.1, -0.05) is 19.1 Å². The van der Waals surface area contributed by atoms with Gasteiger partial charge in [0.15, 0.2) is 0 Å². The number of rotatable bonds is 8. The summed E-state index contributed by atoms with van der Waals surface area (Å²) in [7, 11) is -1.12. The minimum absolute atomic E-state index is 0.0926. The van der Waals surface area contributed by atoms with Gasteiger partial charge in [0.1, 0.15) is 0 Å². The molecular formula is C14H24N2O3S2. The number of benzene rings is 1. The van der Waals surface area contributed by atoms with Crippen LogP contribution in [0.3, 0.4) is 0 Å². The fourth-order valence-corrected chi connectivity index (χ4v) is 3.33. The highest BCUT2D eigenvalue weighted by molar-refractivity contribution is 7.89. The molecule has 0 aliphatic heterocycles. The molecule has 2 atom stereocenters. The molecule has 0 aliphatic carbocycles. The molecule has 0 spiro atoms. The van der Waals surface area contributed by atoms with Crippen LogP contribution >= 0.6 is 0 Å². The average Bonchev–Trinajstić information content (AvgIpc) is 2.46. The summed E-state index contributed by atoms with van der Waals surface area (Å²) < 4.78 is 36.5. The van der Waals surface area contributed by atoms with E-state index < -0.39 is 20.8 Å². The van der Waals surface area contributed by atoms with Gasteiger partial charge in [-0.05, 0) is 24.6 Å². The molecule has 0 radical (unpaired) electrons. The Kier molecular flexibility index (Phi) is 6.99. The lowest BCUT2D eigenvalue weighted by molar-refractivity contribution is 0.520. The van der Waals surface area contributed by atoms with Crippen LogP contribution in [0, 0.1) is 0 Å². The highest BCUT2D eigenvalue weighted by Gasteiger charge is 2.17. The van der Waals surface area contributed by atoms with Crippen LogP contribution in [0.1, 0.15) is 25.5 Å². The molecule has 0 aromatic heterocycles. The van der Waals surface area contributed by atoms with E-state index in [-0.39, 0.29) is 10.9 Å². The quantitative estimate of drug-likeness (QED) is 0.780. The maximum Gasteiger partial charge on any atom is 0.242 e. The van der Waals surface area contributed by atoms with Crippen LogP contribution in [0.5, 0.6) is 0 Å². The van der Waals surface area contributed by atoms with Crippen LogP contribution in [-0.2, 0) is 20.8 Å². The summed E-state index contributed by atoms with van der Waals surface area (Å²) in [6.45, 7) is 4.59. The molecule has 1 aromatic rings. The molecule has 5 nitrogen and oxygen atoms in total. The molecule has 0 saturated heterocycles. The topological polar surface area (TPSA) is 66.5 Å². The van der Waals surface area contributed by atoms with Crippen LogP contribution < -0.4 is 5.32 Å².